The highest BCUT2D eigenvalue weighted by molar-refractivity contribution is 6.04. The number of aromatic nitrogens is 2. The number of nitrogens with zero attached hydrogens (tertiary/aromatic N) is 2. The zero-order chi connectivity index (χ0) is 29.5. The van der Waals surface area contributed by atoms with Crippen LogP contribution >= 0.6 is 0 Å². The lowest BCUT2D eigenvalue weighted by Gasteiger charge is -2.25. The van der Waals surface area contributed by atoms with Crippen molar-refractivity contribution in [1.29, 1.82) is 5.41 Å². The SMILES string of the molecule is COC(=O)C[C@@H]1C[C@@H](Cn2c(=O)[nH]cc(C(=O)Nc3ccc(C(=N)N)cc3)c2=O)N(CCCc2ccccc2)C1=O. The van der Waals surface area contributed by atoms with Gasteiger partial charge < -0.3 is 25.7 Å². The summed E-state index contributed by atoms with van der Waals surface area (Å²) in [5, 5.41) is 10.1. The molecule has 12 nitrogen and oxygen atoms in total. The molecule has 2 amide bonds. The third-order valence-corrected chi connectivity index (χ3v) is 7.13. The van der Waals surface area contributed by atoms with E-state index in [-0.39, 0.29) is 36.7 Å². The quantitative estimate of drug-likeness (QED) is 0.156. The van der Waals surface area contributed by atoms with Crippen molar-refractivity contribution in [1.82, 2.24) is 14.5 Å². The lowest BCUT2D eigenvalue weighted by Crippen LogP contribution is -2.45. The molecule has 3 aromatic rings. The number of likely N-dealkylation sites (tertiary alicyclic amines) is 1. The Morgan fingerprint density at radius 1 is 1.10 bits per heavy atom. The molecule has 1 aliphatic heterocycles. The third-order valence-electron chi connectivity index (χ3n) is 7.13. The van der Waals surface area contributed by atoms with Gasteiger partial charge in [-0.05, 0) is 49.1 Å². The Hall–Kier alpha value is -5.00. The van der Waals surface area contributed by atoms with Crippen LogP contribution in [0.25, 0.3) is 0 Å². The lowest BCUT2D eigenvalue weighted by atomic mass is 10.0. The van der Waals surface area contributed by atoms with Crippen LogP contribution in [-0.4, -0.2) is 57.8 Å². The van der Waals surface area contributed by atoms with E-state index >= 15 is 0 Å². The van der Waals surface area contributed by atoms with Crippen molar-refractivity contribution in [3.63, 3.8) is 0 Å². The maximum atomic E-state index is 13.3. The number of carbonyl (C=O) groups excluding carboxylic acids is 3. The number of anilines is 1. The standard InChI is InChI=1S/C29H32N6O6/c1-41-24(36)15-20-14-22(34(27(20)38)13-5-8-18-6-3-2-4-7-18)17-35-28(39)23(16-32-29(35)40)26(37)33-21-11-9-19(10-12-21)25(30)31/h2-4,6-7,9-12,16,20,22H,5,8,13-15,17H2,1H3,(H3,30,31)(H,32,40)(H,33,37)/t20-,22-/m0/s1. The largest absolute Gasteiger partial charge is 0.469 e. The van der Waals surface area contributed by atoms with E-state index in [0.717, 1.165) is 22.7 Å². The zero-order valence-corrected chi connectivity index (χ0v) is 22.6. The van der Waals surface area contributed by atoms with Crippen molar-refractivity contribution in [2.75, 3.05) is 19.0 Å². The number of carbonyl (C=O) groups is 3. The first kappa shape index (κ1) is 29.0. The molecule has 0 radical (unpaired) electrons. The molecule has 0 aliphatic carbocycles. The number of hydrogen-bond donors (Lipinski definition) is 4. The highest BCUT2D eigenvalue weighted by Crippen LogP contribution is 2.29. The van der Waals surface area contributed by atoms with Crippen molar-refractivity contribution in [2.45, 2.75) is 38.3 Å². The Bertz CT molecular complexity index is 1550. The summed E-state index contributed by atoms with van der Waals surface area (Å²) in [4.78, 5) is 68.2. The van der Waals surface area contributed by atoms with Gasteiger partial charge in [-0.1, -0.05) is 30.3 Å². The van der Waals surface area contributed by atoms with E-state index in [4.69, 9.17) is 15.9 Å². The fourth-order valence-electron chi connectivity index (χ4n) is 4.97. The van der Waals surface area contributed by atoms with Crippen molar-refractivity contribution in [3.05, 3.63) is 98.3 Å². The molecule has 41 heavy (non-hydrogen) atoms. The summed E-state index contributed by atoms with van der Waals surface area (Å²) >= 11 is 0. The Labute approximate surface area is 235 Å². The Morgan fingerprint density at radius 3 is 2.46 bits per heavy atom. The number of aromatic amines is 1. The second-order valence-corrected chi connectivity index (χ2v) is 9.86. The van der Waals surface area contributed by atoms with Gasteiger partial charge in [0.15, 0.2) is 0 Å². The van der Waals surface area contributed by atoms with E-state index in [0.29, 0.717) is 24.2 Å². The second kappa shape index (κ2) is 12.9. The molecule has 0 spiro atoms. The predicted octanol–water partition coefficient (Wildman–Crippen LogP) is 1.49. The number of rotatable bonds is 11. The summed E-state index contributed by atoms with van der Waals surface area (Å²) in [6.45, 7) is 0.233. The molecule has 214 valence electrons. The molecule has 1 fully saturated rings. The molecule has 1 saturated heterocycles. The summed E-state index contributed by atoms with van der Waals surface area (Å²) in [6, 6.07) is 15.4. The van der Waals surface area contributed by atoms with Gasteiger partial charge in [-0.2, -0.15) is 0 Å². The smallest absolute Gasteiger partial charge is 0.328 e. The van der Waals surface area contributed by atoms with E-state index in [2.05, 4.69) is 10.3 Å². The van der Waals surface area contributed by atoms with Crippen LogP contribution in [0, 0.1) is 11.3 Å². The summed E-state index contributed by atoms with van der Waals surface area (Å²) in [5.41, 5.74) is 5.60. The number of methoxy groups -OCH3 is 1. The molecule has 2 aromatic carbocycles. The van der Waals surface area contributed by atoms with Gasteiger partial charge in [0.05, 0.1) is 32.0 Å². The first-order valence-electron chi connectivity index (χ1n) is 13.2. The number of H-pyrrole nitrogens is 1. The Balaban J connectivity index is 1.54. The van der Waals surface area contributed by atoms with Crippen molar-refractivity contribution in [2.24, 2.45) is 11.7 Å². The minimum absolute atomic E-state index is 0.100. The van der Waals surface area contributed by atoms with Crippen LogP contribution < -0.4 is 22.3 Å². The molecule has 0 saturated carbocycles. The monoisotopic (exact) mass is 560 g/mol. The van der Waals surface area contributed by atoms with Gasteiger partial charge in [0, 0.05) is 24.0 Å². The maximum absolute atomic E-state index is 13.3. The number of nitrogens with one attached hydrogen (secondary N) is 3. The van der Waals surface area contributed by atoms with Crippen molar-refractivity contribution in [3.8, 4) is 0 Å². The van der Waals surface area contributed by atoms with Gasteiger partial charge in [0.1, 0.15) is 11.4 Å². The highest BCUT2D eigenvalue weighted by Gasteiger charge is 2.40. The highest BCUT2D eigenvalue weighted by atomic mass is 16.5. The van der Waals surface area contributed by atoms with E-state index in [9.17, 15) is 24.0 Å². The minimum atomic E-state index is -0.806. The lowest BCUT2D eigenvalue weighted by molar-refractivity contribution is -0.144. The van der Waals surface area contributed by atoms with Gasteiger partial charge >= 0.3 is 11.7 Å². The molecule has 4 rings (SSSR count). The normalized spacial score (nSPS) is 16.4. The number of amidine groups is 1. The number of ether oxygens (including phenoxy) is 1. The van der Waals surface area contributed by atoms with Gasteiger partial charge in [-0.15, -0.1) is 0 Å². The fourth-order valence-corrected chi connectivity index (χ4v) is 4.97. The van der Waals surface area contributed by atoms with Crippen LogP contribution in [-0.2, 0) is 27.3 Å². The third kappa shape index (κ3) is 6.96. The summed E-state index contributed by atoms with van der Waals surface area (Å²) in [5.74, 6) is -2.25. The maximum Gasteiger partial charge on any atom is 0.328 e. The number of benzene rings is 2. The fraction of sp³-hybridized carbons (Fsp3) is 0.310. The molecule has 5 N–H and O–H groups in total. The van der Waals surface area contributed by atoms with Crippen LogP contribution in [0.1, 0.15) is 40.7 Å². The average molecular weight is 561 g/mol. The predicted molar refractivity (Wildman–Crippen MR) is 152 cm³/mol. The molecule has 2 heterocycles. The number of aryl methyl sites for hydroxylation is 1. The van der Waals surface area contributed by atoms with E-state index in [1.54, 1.807) is 17.0 Å². The van der Waals surface area contributed by atoms with Crippen molar-refractivity contribution >= 4 is 29.3 Å². The number of esters is 1. The van der Waals surface area contributed by atoms with Crippen LogP contribution in [0.15, 0.2) is 70.4 Å². The first-order valence-corrected chi connectivity index (χ1v) is 13.2. The summed E-state index contributed by atoms with van der Waals surface area (Å²) in [7, 11) is 1.25. The Morgan fingerprint density at radius 2 is 1.80 bits per heavy atom. The minimum Gasteiger partial charge on any atom is -0.469 e. The first-order chi connectivity index (χ1) is 19.7. The molecule has 12 heteroatoms. The van der Waals surface area contributed by atoms with E-state index in [1.807, 2.05) is 30.3 Å². The number of nitrogens with two attached hydrogens (primary N) is 1. The van der Waals surface area contributed by atoms with Gasteiger partial charge in [-0.25, -0.2) is 4.79 Å². The van der Waals surface area contributed by atoms with Gasteiger partial charge in [0.2, 0.25) is 5.91 Å². The molecular formula is C29H32N6O6. The van der Waals surface area contributed by atoms with Crippen LogP contribution in [0.2, 0.25) is 0 Å². The molecular weight excluding hydrogens is 528 g/mol. The zero-order valence-electron chi connectivity index (χ0n) is 22.6. The molecule has 1 aliphatic rings. The van der Waals surface area contributed by atoms with Gasteiger partial charge in [0.25, 0.3) is 11.5 Å². The summed E-state index contributed by atoms with van der Waals surface area (Å²) < 4.78 is 5.67. The van der Waals surface area contributed by atoms with Gasteiger partial charge in [-0.3, -0.25) is 29.2 Å². The number of hydrogen-bond acceptors (Lipinski definition) is 7. The molecule has 0 unspecified atom stereocenters. The molecule has 2 atom stereocenters. The summed E-state index contributed by atoms with van der Waals surface area (Å²) in [6.07, 6.45) is 2.58. The van der Waals surface area contributed by atoms with Crippen LogP contribution in [0.5, 0.6) is 0 Å². The molecule has 1 aromatic heterocycles. The van der Waals surface area contributed by atoms with Crippen molar-refractivity contribution < 1.29 is 19.1 Å². The topological polar surface area (TPSA) is 180 Å². The Kier molecular flexibility index (Phi) is 9.12. The van der Waals surface area contributed by atoms with Crippen LogP contribution in [0.4, 0.5) is 5.69 Å². The van der Waals surface area contributed by atoms with E-state index < -0.39 is 35.1 Å². The second-order valence-electron chi connectivity index (χ2n) is 9.86. The molecule has 0 bridgehead atoms. The van der Waals surface area contributed by atoms with E-state index in [1.165, 1.54) is 19.2 Å². The number of amides is 2. The van der Waals surface area contributed by atoms with Crippen LogP contribution in [0.3, 0.4) is 0 Å². The number of nitrogen functional groups attached to an aromatic ring is 1. The average Bonchev–Trinajstić information content (AvgIpc) is 3.24.